The average molecular weight is 240 g/mol. The number of benzene rings is 1. The molecule has 1 N–H and O–H groups in total. The van der Waals surface area contributed by atoms with Crippen LogP contribution in [0.4, 0.5) is 5.69 Å². The van der Waals surface area contributed by atoms with E-state index in [4.69, 9.17) is 0 Å². The third-order valence-electron chi connectivity index (χ3n) is 2.79. The number of carbonyl (C=O) groups is 1. The summed E-state index contributed by atoms with van der Waals surface area (Å²) in [5.74, 6) is -0.0817. The molecule has 2 aromatic rings. The topological polar surface area (TPSA) is 42.0 Å². The highest BCUT2D eigenvalue weighted by Crippen LogP contribution is 2.14. The van der Waals surface area contributed by atoms with Crippen molar-refractivity contribution >= 4 is 11.6 Å². The molecule has 1 aromatic carbocycles. The lowest BCUT2D eigenvalue weighted by atomic mass is 10.1. The summed E-state index contributed by atoms with van der Waals surface area (Å²) < 4.78 is 0. The molecule has 3 nitrogen and oxygen atoms in total. The summed E-state index contributed by atoms with van der Waals surface area (Å²) >= 11 is 0. The maximum atomic E-state index is 12.2. The van der Waals surface area contributed by atoms with Crippen LogP contribution < -0.4 is 5.32 Å². The highest BCUT2D eigenvalue weighted by molar-refractivity contribution is 6.05. The molecule has 0 aliphatic heterocycles. The van der Waals surface area contributed by atoms with Gasteiger partial charge < -0.3 is 5.32 Å². The van der Waals surface area contributed by atoms with Gasteiger partial charge in [0.25, 0.3) is 5.91 Å². The molecule has 0 saturated heterocycles. The largest absolute Gasteiger partial charge is 0.322 e. The molecule has 0 radical (unpaired) electrons. The first-order valence-corrected chi connectivity index (χ1v) is 5.87. The Bertz CT molecular complexity index is 591. The first-order valence-electron chi connectivity index (χ1n) is 5.87. The Morgan fingerprint density at radius 1 is 1.11 bits per heavy atom. The molecule has 2 rings (SSSR count). The number of anilines is 1. The Morgan fingerprint density at radius 3 is 2.61 bits per heavy atom. The van der Waals surface area contributed by atoms with Gasteiger partial charge in [-0.1, -0.05) is 17.7 Å². The van der Waals surface area contributed by atoms with Crippen LogP contribution in [0.2, 0.25) is 0 Å². The highest BCUT2D eigenvalue weighted by atomic mass is 16.1. The van der Waals surface area contributed by atoms with Crippen LogP contribution in [0, 0.1) is 20.8 Å². The number of rotatable bonds is 2. The predicted molar refractivity (Wildman–Crippen MR) is 72.8 cm³/mol. The number of aryl methyl sites for hydroxylation is 3. The molecule has 1 heterocycles. The van der Waals surface area contributed by atoms with Gasteiger partial charge in [0.2, 0.25) is 0 Å². The summed E-state index contributed by atoms with van der Waals surface area (Å²) in [5, 5.41) is 2.89. The Hall–Kier alpha value is -2.16. The second-order valence-electron chi connectivity index (χ2n) is 4.46. The molecule has 0 spiro atoms. The highest BCUT2D eigenvalue weighted by Gasteiger charge is 2.09. The van der Waals surface area contributed by atoms with Gasteiger partial charge in [-0.15, -0.1) is 0 Å². The number of nitrogens with zero attached hydrogens (tertiary/aromatic N) is 1. The molecule has 18 heavy (non-hydrogen) atoms. The zero-order chi connectivity index (χ0) is 13.1. The summed E-state index contributed by atoms with van der Waals surface area (Å²) in [6.45, 7) is 5.81. The van der Waals surface area contributed by atoms with Crippen molar-refractivity contribution in [3.05, 3.63) is 58.9 Å². The quantitative estimate of drug-likeness (QED) is 0.875. The van der Waals surface area contributed by atoms with Gasteiger partial charge in [0.05, 0.1) is 0 Å². The average Bonchev–Trinajstić information content (AvgIpc) is 2.32. The number of hydrogen-bond acceptors (Lipinski definition) is 2. The molecule has 3 heteroatoms. The molecule has 0 unspecified atom stereocenters. The van der Waals surface area contributed by atoms with Crippen molar-refractivity contribution in [2.24, 2.45) is 0 Å². The number of aromatic nitrogens is 1. The van der Waals surface area contributed by atoms with Crippen LogP contribution in [-0.4, -0.2) is 10.9 Å². The van der Waals surface area contributed by atoms with Crippen molar-refractivity contribution in [3.8, 4) is 0 Å². The fraction of sp³-hybridized carbons (Fsp3) is 0.200. The summed E-state index contributed by atoms with van der Waals surface area (Å²) in [6.07, 6.45) is 1.69. The van der Waals surface area contributed by atoms with Crippen molar-refractivity contribution in [1.29, 1.82) is 0 Å². The van der Waals surface area contributed by atoms with Gasteiger partial charge in [0.15, 0.2) is 0 Å². The SMILES string of the molecule is Cc1ccc(C)c(C(=O)Nc2ccnc(C)c2)c1. The molecule has 0 saturated carbocycles. The Kier molecular flexibility index (Phi) is 3.42. The molecule has 0 atom stereocenters. The lowest BCUT2D eigenvalue weighted by Gasteiger charge is -2.08. The summed E-state index contributed by atoms with van der Waals surface area (Å²) in [5.41, 5.74) is 4.42. The molecule has 1 amide bonds. The second kappa shape index (κ2) is 5.00. The first-order chi connectivity index (χ1) is 8.56. The maximum absolute atomic E-state index is 12.2. The minimum atomic E-state index is -0.0817. The van der Waals surface area contributed by atoms with E-state index < -0.39 is 0 Å². The fourth-order valence-corrected chi connectivity index (χ4v) is 1.80. The molecule has 0 aliphatic rings. The van der Waals surface area contributed by atoms with Crippen LogP contribution in [0.3, 0.4) is 0 Å². The van der Waals surface area contributed by atoms with Crippen molar-refractivity contribution < 1.29 is 4.79 Å². The van der Waals surface area contributed by atoms with E-state index in [0.29, 0.717) is 5.56 Å². The van der Waals surface area contributed by atoms with E-state index in [1.807, 2.05) is 45.0 Å². The minimum Gasteiger partial charge on any atom is -0.322 e. The van der Waals surface area contributed by atoms with Crippen LogP contribution in [0.15, 0.2) is 36.5 Å². The smallest absolute Gasteiger partial charge is 0.255 e. The number of pyridine rings is 1. The maximum Gasteiger partial charge on any atom is 0.255 e. The lowest BCUT2D eigenvalue weighted by molar-refractivity contribution is 0.102. The van der Waals surface area contributed by atoms with Crippen LogP contribution in [0.25, 0.3) is 0 Å². The Labute approximate surface area is 107 Å². The Balaban J connectivity index is 2.24. The zero-order valence-electron chi connectivity index (χ0n) is 10.8. The number of hydrogen-bond donors (Lipinski definition) is 1. The Morgan fingerprint density at radius 2 is 1.89 bits per heavy atom. The van der Waals surface area contributed by atoms with E-state index >= 15 is 0 Å². The van der Waals surface area contributed by atoms with Crippen LogP contribution in [-0.2, 0) is 0 Å². The fourth-order valence-electron chi connectivity index (χ4n) is 1.80. The van der Waals surface area contributed by atoms with E-state index in [1.54, 1.807) is 12.3 Å². The zero-order valence-corrected chi connectivity index (χ0v) is 10.8. The summed E-state index contributed by atoms with van der Waals surface area (Å²) in [6, 6.07) is 9.50. The van der Waals surface area contributed by atoms with E-state index in [1.165, 1.54) is 0 Å². The van der Waals surface area contributed by atoms with Gasteiger partial charge in [-0.25, -0.2) is 0 Å². The third kappa shape index (κ3) is 2.74. The normalized spacial score (nSPS) is 10.2. The van der Waals surface area contributed by atoms with Crippen molar-refractivity contribution in [2.75, 3.05) is 5.32 Å². The lowest BCUT2D eigenvalue weighted by Crippen LogP contribution is -2.13. The molecule has 92 valence electrons. The van der Waals surface area contributed by atoms with Crippen molar-refractivity contribution in [3.63, 3.8) is 0 Å². The molecule has 0 bridgehead atoms. The molecule has 1 aromatic heterocycles. The molecule has 0 aliphatic carbocycles. The second-order valence-corrected chi connectivity index (χ2v) is 4.46. The van der Waals surface area contributed by atoms with Crippen LogP contribution in [0.1, 0.15) is 27.2 Å². The number of amides is 1. The summed E-state index contributed by atoms with van der Waals surface area (Å²) in [7, 11) is 0. The van der Waals surface area contributed by atoms with Gasteiger partial charge in [0, 0.05) is 23.1 Å². The monoisotopic (exact) mass is 240 g/mol. The molecule has 0 fully saturated rings. The van der Waals surface area contributed by atoms with E-state index in [-0.39, 0.29) is 5.91 Å². The standard InChI is InChI=1S/C15H16N2O/c1-10-4-5-11(2)14(8-10)15(18)17-13-6-7-16-12(3)9-13/h4-9H,1-3H3,(H,16,17,18). The van der Waals surface area contributed by atoms with Crippen molar-refractivity contribution in [1.82, 2.24) is 4.98 Å². The molecular weight excluding hydrogens is 224 g/mol. The van der Waals surface area contributed by atoms with Crippen molar-refractivity contribution in [2.45, 2.75) is 20.8 Å². The van der Waals surface area contributed by atoms with Gasteiger partial charge in [-0.3, -0.25) is 9.78 Å². The summed E-state index contributed by atoms with van der Waals surface area (Å²) in [4.78, 5) is 16.3. The van der Waals surface area contributed by atoms with Gasteiger partial charge in [0.1, 0.15) is 0 Å². The van der Waals surface area contributed by atoms with Gasteiger partial charge in [-0.05, 0) is 44.5 Å². The first kappa shape index (κ1) is 12.3. The van der Waals surface area contributed by atoms with Gasteiger partial charge in [-0.2, -0.15) is 0 Å². The van der Waals surface area contributed by atoms with E-state index in [9.17, 15) is 4.79 Å². The van der Waals surface area contributed by atoms with Crippen LogP contribution in [0.5, 0.6) is 0 Å². The minimum absolute atomic E-state index is 0.0817. The van der Waals surface area contributed by atoms with Crippen LogP contribution >= 0.6 is 0 Å². The number of nitrogens with one attached hydrogen (secondary N) is 1. The predicted octanol–water partition coefficient (Wildman–Crippen LogP) is 3.26. The van der Waals surface area contributed by atoms with E-state index in [2.05, 4.69) is 10.3 Å². The number of carbonyl (C=O) groups excluding carboxylic acids is 1. The van der Waals surface area contributed by atoms with E-state index in [0.717, 1.165) is 22.5 Å². The molecular formula is C15H16N2O. The third-order valence-corrected chi connectivity index (χ3v) is 2.79. The van der Waals surface area contributed by atoms with Gasteiger partial charge >= 0.3 is 0 Å².